The summed E-state index contributed by atoms with van der Waals surface area (Å²) < 4.78 is 5.56. The number of carbonyl (C=O) groups excluding carboxylic acids is 2. The number of carboxylic acid groups (broad SMARTS) is 1. The molecule has 0 unspecified atom stereocenters. The first-order chi connectivity index (χ1) is 16.9. The minimum atomic E-state index is -1.23. The summed E-state index contributed by atoms with van der Waals surface area (Å²) >= 11 is 0. The molecule has 0 aliphatic heterocycles. The second-order valence-corrected chi connectivity index (χ2v) is 8.88. The van der Waals surface area contributed by atoms with Crippen molar-refractivity contribution in [1.82, 2.24) is 10.6 Å². The zero-order chi connectivity index (χ0) is 24.9. The second-order valence-electron chi connectivity index (χ2n) is 8.88. The van der Waals surface area contributed by atoms with Crippen LogP contribution in [0.5, 0.6) is 0 Å². The van der Waals surface area contributed by atoms with Gasteiger partial charge in [0.1, 0.15) is 12.6 Å². The van der Waals surface area contributed by atoms with E-state index in [0.717, 1.165) is 22.3 Å². The van der Waals surface area contributed by atoms with E-state index in [9.17, 15) is 19.5 Å². The first kappa shape index (κ1) is 24.0. The molecule has 0 heterocycles. The Labute approximate surface area is 204 Å². The lowest BCUT2D eigenvalue weighted by atomic mass is 9.98. The van der Waals surface area contributed by atoms with Crippen LogP contribution >= 0.6 is 0 Å². The van der Waals surface area contributed by atoms with Crippen molar-refractivity contribution in [2.75, 3.05) is 6.61 Å². The van der Waals surface area contributed by atoms with Gasteiger partial charge >= 0.3 is 12.1 Å². The van der Waals surface area contributed by atoms with Gasteiger partial charge in [-0.05, 0) is 33.7 Å². The summed E-state index contributed by atoms with van der Waals surface area (Å²) in [5.74, 6) is -2.17. The third kappa shape index (κ3) is 5.19. The Bertz CT molecular complexity index is 1180. The zero-order valence-electron chi connectivity index (χ0n) is 19.6. The Morgan fingerprint density at radius 3 is 1.91 bits per heavy atom. The summed E-state index contributed by atoms with van der Waals surface area (Å²) in [4.78, 5) is 37.4. The molecule has 2 amide bonds. The maximum absolute atomic E-state index is 13.0. The van der Waals surface area contributed by atoms with Crippen LogP contribution in [-0.4, -0.2) is 35.7 Å². The summed E-state index contributed by atoms with van der Waals surface area (Å²) in [6.07, 6.45) is -0.729. The molecule has 35 heavy (non-hydrogen) atoms. The normalized spacial score (nSPS) is 13.9. The number of alkyl carbamates (subject to hydrolysis) is 1. The van der Waals surface area contributed by atoms with Gasteiger partial charge in [-0.3, -0.25) is 4.79 Å². The van der Waals surface area contributed by atoms with Crippen molar-refractivity contribution in [1.29, 1.82) is 0 Å². The number of nitrogens with one attached hydrogen (secondary N) is 2. The van der Waals surface area contributed by atoms with Gasteiger partial charge in [0.2, 0.25) is 5.91 Å². The van der Waals surface area contributed by atoms with Gasteiger partial charge in [0.05, 0.1) is 0 Å². The Morgan fingerprint density at radius 2 is 1.37 bits per heavy atom. The van der Waals surface area contributed by atoms with Crippen LogP contribution in [-0.2, 0) is 14.3 Å². The van der Waals surface area contributed by atoms with Gasteiger partial charge in [-0.25, -0.2) is 9.59 Å². The largest absolute Gasteiger partial charge is 0.479 e. The molecule has 0 fully saturated rings. The number of hydrogen-bond acceptors (Lipinski definition) is 4. The summed E-state index contributed by atoms with van der Waals surface area (Å²) in [7, 11) is 0. The molecule has 4 rings (SSSR count). The van der Waals surface area contributed by atoms with Crippen LogP contribution in [0, 0.1) is 5.92 Å². The topological polar surface area (TPSA) is 105 Å². The molecule has 1 aliphatic carbocycles. The SMILES string of the molecule is CC(C)[C@@H](NC(=O)OCC1c2ccccc2-c2ccccc21)C(=O)N[C@@H](C(=O)O)c1ccccc1. The molecule has 0 aromatic heterocycles. The van der Waals surface area contributed by atoms with Gasteiger partial charge in [-0.1, -0.05) is 92.7 Å². The summed E-state index contributed by atoms with van der Waals surface area (Å²) in [6.45, 7) is 3.66. The van der Waals surface area contributed by atoms with Crippen LogP contribution in [0.1, 0.15) is 42.5 Å². The lowest BCUT2D eigenvalue weighted by Gasteiger charge is -2.24. The fourth-order valence-corrected chi connectivity index (χ4v) is 4.47. The Hall–Kier alpha value is -4.13. The van der Waals surface area contributed by atoms with E-state index in [4.69, 9.17) is 4.74 Å². The first-order valence-electron chi connectivity index (χ1n) is 11.6. The van der Waals surface area contributed by atoms with Gasteiger partial charge in [0.25, 0.3) is 0 Å². The number of ether oxygens (including phenoxy) is 1. The van der Waals surface area contributed by atoms with E-state index in [-0.39, 0.29) is 18.4 Å². The van der Waals surface area contributed by atoms with Crippen molar-refractivity contribution >= 4 is 18.0 Å². The Morgan fingerprint density at radius 1 is 0.829 bits per heavy atom. The predicted molar refractivity (Wildman–Crippen MR) is 132 cm³/mol. The molecule has 2 atom stereocenters. The van der Waals surface area contributed by atoms with Crippen molar-refractivity contribution in [3.05, 3.63) is 95.6 Å². The molecular formula is C28H28N2O5. The highest BCUT2D eigenvalue weighted by Crippen LogP contribution is 2.44. The van der Waals surface area contributed by atoms with E-state index < -0.39 is 30.1 Å². The van der Waals surface area contributed by atoms with Crippen molar-refractivity contribution < 1.29 is 24.2 Å². The lowest BCUT2D eigenvalue weighted by Crippen LogP contribution is -2.51. The Balaban J connectivity index is 1.42. The predicted octanol–water partition coefficient (Wildman–Crippen LogP) is 4.49. The Kier molecular flexibility index (Phi) is 7.15. The molecule has 3 N–H and O–H groups in total. The molecule has 7 heteroatoms. The van der Waals surface area contributed by atoms with E-state index in [1.165, 1.54) is 0 Å². The molecule has 0 saturated carbocycles. The number of carboxylic acids is 1. The quantitative estimate of drug-likeness (QED) is 0.448. The van der Waals surface area contributed by atoms with Crippen molar-refractivity contribution in [2.24, 2.45) is 5.92 Å². The third-order valence-electron chi connectivity index (χ3n) is 6.23. The highest BCUT2D eigenvalue weighted by molar-refractivity contribution is 5.90. The number of rotatable bonds is 8. The van der Waals surface area contributed by atoms with Crippen LogP contribution < -0.4 is 10.6 Å². The number of aliphatic carboxylic acids is 1. The summed E-state index contributed by atoms with van der Waals surface area (Å²) in [5.41, 5.74) is 4.87. The molecule has 0 bridgehead atoms. The smallest absolute Gasteiger partial charge is 0.407 e. The number of carbonyl (C=O) groups is 3. The average molecular weight is 473 g/mol. The number of hydrogen-bond donors (Lipinski definition) is 3. The van der Waals surface area contributed by atoms with Gasteiger partial charge in [0.15, 0.2) is 6.04 Å². The van der Waals surface area contributed by atoms with Gasteiger partial charge in [0, 0.05) is 5.92 Å². The third-order valence-corrected chi connectivity index (χ3v) is 6.23. The minimum absolute atomic E-state index is 0.103. The van der Waals surface area contributed by atoms with Crippen molar-refractivity contribution in [2.45, 2.75) is 31.8 Å². The second kappa shape index (κ2) is 10.4. The van der Waals surface area contributed by atoms with E-state index in [1.54, 1.807) is 44.2 Å². The fraction of sp³-hybridized carbons (Fsp3) is 0.250. The molecule has 7 nitrogen and oxygen atoms in total. The molecule has 3 aromatic carbocycles. The highest BCUT2D eigenvalue weighted by Gasteiger charge is 2.32. The molecule has 3 aromatic rings. The standard InChI is InChI=1S/C28H28N2O5/c1-17(2)24(26(31)29-25(27(32)33)18-10-4-3-5-11-18)30-28(34)35-16-23-21-14-8-6-12-19(21)20-13-7-9-15-22(20)23/h3-15,17,23-25H,16H2,1-2H3,(H,29,31)(H,30,34)(H,32,33)/t24-,25-/m1/s1. The van der Waals surface area contributed by atoms with Crippen LogP contribution in [0.3, 0.4) is 0 Å². The van der Waals surface area contributed by atoms with E-state index in [0.29, 0.717) is 5.56 Å². The van der Waals surface area contributed by atoms with E-state index in [2.05, 4.69) is 22.8 Å². The van der Waals surface area contributed by atoms with Crippen LogP contribution in [0.2, 0.25) is 0 Å². The van der Waals surface area contributed by atoms with E-state index >= 15 is 0 Å². The van der Waals surface area contributed by atoms with Crippen molar-refractivity contribution in [3.8, 4) is 11.1 Å². The van der Waals surface area contributed by atoms with Crippen LogP contribution in [0.15, 0.2) is 78.9 Å². The fourth-order valence-electron chi connectivity index (χ4n) is 4.47. The molecule has 0 saturated heterocycles. The summed E-state index contributed by atoms with van der Waals surface area (Å²) in [5, 5.41) is 14.8. The molecular weight excluding hydrogens is 444 g/mol. The lowest BCUT2D eigenvalue weighted by molar-refractivity contribution is -0.142. The zero-order valence-corrected chi connectivity index (χ0v) is 19.6. The van der Waals surface area contributed by atoms with Gasteiger partial charge in [-0.2, -0.15) is 0 Å². The molecule has 180 valence electrons. The van der Waals surface area contributed by atoms with Crippen molar-refractivity contribution in [3.63, 3.8) is 0 Å². The van der Waals surface area contributed by atoms with Crippen LogP contribution in [0.25, 0.3) is 11.1 Å². The first-order valence-corrected chi connectivity index (χ1v) is 11.6. The number of benzene rings is 3. The maximum atomic E-state index is 13.0. The van der Waals surface area contributed by atoms with E-state index in [1.807, 2.05) is 36.4 Å². The molecule has 0 radical (unpaired) electrons. The minimum Gasteiger partial charge on any atom is -0.479 e. The number of fused-ring (bicyclic) bond motifs is 3. The average Bonchev–Trinajstić information content (AvgIpc) is 3.18. The van der Waals surface area contributed by atoms with Gasteiger partial charge < -0.3 is 20.5 Å². The monoisotopic (exact) mass is 472 g/mol. The molecule has 0 spiro atoms. The van der Waals surface area contributed by atoms with Gasteiger partial charge in [-0.15, -0.1) is 0 Å². The molecule has 1 aliphatic rings. The number of amides is 2. The highest BCUT2D eigenvalue weighted by atomic mass is 16.5. The van der Waals surface area contributed by atoms with Crippen LogP contribution in [0.4, 0.5) is 4.79 Å². The maximum Gasteiger partial charge on any atom is 0.407 e. The summed E-state index contributed by atoms with van der Waals surface area (Å²) in [6, 6.07) is 22.3.